The Morgan fingerprint density at radius 3 is 2.61 bits per heavy atom. The van der Waals surface area contributed by atoms with Gasteiger partial charge in [0, 0.05) is 20.2 Å². The zero-order chi connectivity index (χ0) is 18.6. The predicted molar refractivity (Wildman–Crippen MR) is 70.1 cm³/mol. The molecule has 3 nitrogen and oxygen atoms in total. The van der Waals surface area contributed by atoms with Crippen molar-refractivity contribution in [3.8, 4) is 11.8 Å². The van der Waals surface area contributed by atoms with Crippen molar-refractivity contribution in [1.29, 1.82) is 0 Å². The Labute approximate surface area is 116 Å². The highest BCUT2D eigenvalue weighted by Crippen LogP contribution is 2.24. The van der Waals surface area contributed by atoms with E-state index in [1.807, 2.05) is 0 Å². The maximum absolute atomic E-state index is 12.2. The first-order valence-electron chi connectivity index (χ1n) is 8.31. The standard InChI is InChI=1S/C15H18O3/c1-15(2,14(17)18-3)13-9-7-12(8-10-13)6-4-5-11-16/h7-10,16H,5,11H2,1-3H3/i1D3,2D3. The van der Waals surface area contributed by atoms with Crippen molar-refractivity contribution in [1.82, 2.24) is 0 Å². The lowest BCUT2D eigenvalue weighted by atomic mass is 9.84. The van der Waals surface area contributed by atoms with Gasteiger partial charge in [-0.1, -0.05) is 24.0 Å². The van der Waals surface area contributed by atoms with E-state index in [1.54, 1.807) is 0 Å². The fourth-order valence-electron chi connectivity index (χ4n) is 1.29. The number of rotatable bonds is 3. The van der Waals surface area contributed by atoms with E-state index in [9.17, 15) is 4.79 Å². The number of aliphatic hydroxyl groups is 1. The highest BCUT2D eigenvalue weighted by molar-refractivity contribution is 5.82. The van der Waals surface area contributed by atoms with Gasteiger partial charge in [0.1, 0.15) is 0 Å². The van der Waals surface area contributed by atoms with Gasteiger partial charge in [-0.25, -0.2) is 0 Å². The van der Waals surface area contributed by atoms with Crippen LogP contribution in [0.3, 0.4) is 0 Å². The van der Waals surface area contributed by atoms with Gasteiger partial charge in [0.15, 0.2) is 0 Å². The third-order valence-corrected chi connectivity index (χ3v) is 2.28. The maximum atomic E-state index is 12.2. The second-order valence-electron chi connectivity index (χ2n) is 3.59. The van der Waals surface area contributed by atoms with Crippen LogP contribution in [0.15, 0.2) is 24.3 Å². The molecule has 0 spiro atoms. The molecular formula is C15H18O3. The van der Waals surface area contributed by atoms with E-state index in [0.29, 0.717) is 5.56 Å². The monoisotopic (exact) mass is 252 g/mol. The van der Waals surface area contributed by atoms with Crippen LogP contribution < -0.4 is 0 Å². The highest BCUT2D eigenvalue weighted by atomic mass is 16.5. The molecular weight excluding hydrogens is 228 g/mol. The van der Waals surface area contributed by atoms with Crippen molar-refractivity contribution in [3.05, 3.63) is 35.4 Å². The van der Waals surface area contributed by atoms with E-state index < -0.39 is 25.1 Å². The number of benzene rings is 1. The molecule has 0 saturated heterocycles. The van der Waals surface area contributed by atoms with E-state index in [-0.39, 0.29) is 18.6 Å². The number of ether oxygens (including phenoxy) is 1. The van der Waals surface area contributed by atoms with Crippen molar-refractivity contribution in [2.75, 3.05) is 13.7 Å². The number of hydrogen-bond donors (Lipinski definition) is 1. The summed E-state index contributed by atoms with van der Waals surface area (Å²) >= 11 is 0. The van der Waals surface area contributed by atoms with E-state index in [4.69, 9.17) is 13.3 Å². The van der Waals surface area contributed by atoms with E-state index in [0.717, 1.165) is 7.11 Å². The van der Waals surface area contributed by atoms with Crippen molar-refractivity contribution in [2.45, 2.75) is 25.5 Å². The molecule has 0 radical (unpaired) electrons. The summed E-state index contributed by atoms with van der Waals surface area (Å²) in [5, 5.41) is 8.68. The summed E-state index contributed by atoms with van der Waals surface area (Å²) < 4.78 is 50.5. The lowest BCUT2D eigenvalue weighted by Crippen LogP contribution is -2.30. The molecule has 0 unspecified atom stereocenters. The van der Waals surface area contributed by atoms with E-state index in [2.05, 4.69) is 16.6 Å². The first-order valence-corrected chi connectivity index (χ1v) is 5.31. The number of hydrogen-bond acceptors (Lipinski definition) is 3. The molecule has 1 rings (SSSR count). The molecule has 18 heavy (non-hydrogen) atoms. The van der Waals surface area contributed by atoms with Crippen molar-refractivity contribution in [2.24, 2.45) is 0 Å². The summed E-state index contributed by atoms with van der Waals surface area (Å²) in [5.74, 6) is 4.08. The summed E-state index contributed by atoms with van der Waals surface area (Å²) in [6, 6.07) is 5.35. The van der Waals surface area contributed by atoms with Gasteiger partial charge in [-0.15, -0.1) is 0 Å². The third kappa shape index (κ3) is 3.35. The smallest absolute Gasteiger partial charge is 0.315 e. The lowest BCUT2D eigenvalue weighted by Gasteiger charge is -2.21. The van der Waals surface area contributed by atoms with E-state index >= 15 is 0 Å². The summed E-state index contributed by atoms with van der Waals surface area (Å²) in [6.07, 6.45) is 0.276. The number of aliphatic hydroxyl groups excluding tert-OH is 1. The van der Waals surface area contributed by atoms with Crippen LogP contribution in [0.4, 0.5) is 0 Å². The molecule has 96 valence electrons. The number of carbonyl (C=O) groups excluding carboxylic acids is 1. The first kappa shape index (κ1) is 7.60. The Morgan fingerprint density at radius 1 is 1.44 bits per heavy atom. The molecule has 1 N–H and O–H groups in total. The van der Waals surface area contributed by atoms with Gasteiger partial charge in [0.05, 0.1) is 19.1 Å². The minimum Gasteiger partial charge on any atom is -0.468 e. The molecule has 0 saturated carbocycles. The fraction of sp³-hybridized carbons (Fsp3) is 0.400. The number of esters is 1. The summed E-state index contributed by atoms with van der Waals surface area (Å²) in [4.78, 5) is 12.2. The lowest BCUT2D eigenvalue weighted by molar-refractivity contribution is -0.146. The Hall–Kier alpha value is -1.79. The largest absolute Gasteiger partial charge is 0.468 e. The van der Waals surface area contributed by atoms with Crippen molar-refractivity contribution < 1.29 is 22.9 Å². The zero-order valence-corrected chi connectivity index (χ0v) is 9.99. The molecule has 0 amide bonds. The first-order chi connectivity index (χ1) is 11.0. The van der Waals surface area contributed by atoms with Gasteiger partial charge in [0.25, 0.3) is 0 Å². The van der Waals surface area contributed by atoms with Crippen molar-refractivity contribution in [3.63, 3.8) is 0 Å². The molecule has 3 heteroatoms. The number of carbonyl (C=O) groups is 1. The molecule has 1 aromatic rings. The molecule has 0 atom stereocenters. The molecule has 0 bridgehead atoms. The van der Waals surface area contributed by atoms with Crippen LogP contribution in [0.2, 0.25) is 0 Å². The SMILES string of the molecule is [2H]C([2H])([2H])C(C(=O)OC)(c1ccc(C#CCCO)cc1)C([2H])([2H])[2H]. The molecule has 0 fully saturated rings. The minimum atomic E-state index is -3.14. The van der Waals surface area contributed by atoms with Crippen LogP contribution in [0.5, 0.6) is 0 Å². The zero-order valence-electron chi connectivity index (χ0n) is 16.0. The maximum Gasteiger partial charge on any atom is 0.315 e. The Balaban J connectivity index is 3.52. The third-order valence-electron chi connectivity index (χ3n) is 2.28. The second kappa shape index (κ2) is 6.23. The van der Waals surface area contributed by atoms with Crippen LogP contribution in [0.1, 0.15) is 39.5 Å². The van der Waals surface area contributed by atoms with Crippen molar-refractivity contribution >= 4 is 5.97 Å². The quantitative estimate of drug-likeness (QED) is 0.660. The Morgan fingerprint density at radius 2 is 2.11 bits per heavy atom. The Kier molecular flexibility index (Phi) is 2.63. The van der Waals surface area contributed by atoms with Crippen LogP contribution in [-0.2, 0) is 14.9 Å². The molecule has 0 aliphatic carbocycles. The average molecular weight is 252 g/mol. The minimum absolute atomic E-state index is 0.0887. The second-order valence-corrected chi connectivity index (χ2v) is 3.59. The fourth-order valence-corrected chi connectivity index (χ4v) is 1.29. The van der Waals surface area contributed by atoms with Crippen LogP contribution in [-0.4, -0.2) is 24.8 Å². The van der Waals surface area contributed by atoms with Gasteiger partial charge in [0.2, 0.25) is 0 Å². The molecule has 0 aliphatic rings. The summed E-state index contributed by atoms with van der Waals surface area (Å²) in [5.41, 5.74) is -2.48. The Bertz CT molecular complexity index is 620. The topological polar surface area (TPSA) is 46.5 Å². The van der Waals surface area contributed by atoms with Gasteiger partial charge in [-0.2, -0.15) is 0 Å². The van der Waals surface area contributed by atoms with Gasteiger partial charge in [-0.05, 0) is 31.4 Å². The van der Waals surface area contributed by atoms with Crippen LogP contribution in [0.25, 0.3) is 0 Å². The van der Waals surface area contributed by atoms with Gasteiger partial charge in [-0.3, -0.25) is 4.79 Å². The number of methoxy groups -OCH3 is 1. The van der Waals surface area contributed by atoms with Gasteiger partial charge >= 0.3 is 5.97 Å². The van der Waals surface area contributed by atoms with Gasteiger partial charge < -0.3 is 9.84 Å². The summed E-state index contributed by atoms with van der Waals surface area (Å²) in [6.45, 7) is -6.38. The average Bonchev–Trinajstić information content (AvgIpc) is 2.46. The highest BCUT2D eigenvalue weighted by Gasteiger charge is 2.30. The normalized spacial score (nSPS) is 16.8. The van der Waals surface area contributed by atoms with E-state index in [1.165, 1.54) is 24.3 Å². The predicted octanol–water partition coefficient (Wildman–Crippen LogP) is 1.87. The van der Waals surface area contributed by atoms with Crippen LogP contribution in [0, 0.1) is 11.8 Å². The molecule has 0 aromatic heterocycles. The molecule has 1 aromatic carbocycles. The van der Waals surface area contributed by atoms with Crippen LogP contribution >= 0.6 is 0 Å². The molecule has 0 heterocycles. The molecule has 0 aliphatic heterocycles. The summed E-state index contributed by atoms with van der Waals surface area (Å²) in [7, 11) is 0.948.